The van der Waals surface area contributed by atoms with Gasteiger partial charge in [0.25, 0.3) is 0 Å². The van der Waals surface area contributed by atoms with Crippen LogP contribution < -0.4 is 0 Å². The molecular weight excluding hydrogens is 274 g/mol. The maximum atomic E-state index is 11.9. The van der Waals surface area contributed by atoms with E-state index in [9.17, 15) is 9.90 Å². The van der Waals surface area contributed by atoms with E-state index in [4.69, 9.17) is 6.57 Å². The molecule has 0 aromatic heterocycles. The molecule has 0 heterocycles. The number of nitrogens with zero attached hydrogens (tertiary/aromatic N) is 1. The summed E-state index contributed by atoms with van der Waals surface area (Å²) in [5, 5.41) is 9.78. The molecule has 0 radical (unpaired) electrons. The number of aliphatic carboxylic acids is 1. The second-order valence-electron chi connectivity index (χ2n) is 4.82. The summed E-state index contributed by atoms with van der Waals surface area (Å²) in [6.07, 6.45) is 0.162. The standard InChI is InChI=1S/C19H15NO2/c1-20-15-14-19(18(21)22,17-10-6-3-7-11-17)13-12-16-8-4-2-5-9-16/h2-11H,14-15H2,(H,21,22). The van der Waals surface area contributed by atoms with E-state index < -0.39 is 11.4 Å². The van der Waals surface area contributed by atoms with Crippen molar-refractivity contribution in [1.29, 1.82) is 0 Å². The van der Waals surface area contributed by atoms with E-state index in [2.05, 4.69) is 16.7 Å². The molecule has 2 rings (SSSR count). The highest BCUT2D eigenvalue weighted by atomic mass is 16.4. The summed E-state index contributed by atoms with van der Waals surface area (Å²) in [5.74, 6) is 4.83. The van der Waals surface area contributed by atoms with Crippen LogP contribution in [0.25, 0.3) is 4.85 Å². The Labute approximate surface area is 130 Å². The van der Waals surface area contributed by atoms with Gasteiger partial charge < -0.3 is 9.95 Å². The lowest BCUT2D eigenvalue weighted by Gasteiger charge is -2.22. The van der Waals surface area contributed by atoms with Gasteiger partial charge >= 0.3 is 5.97 Å². The fourth-order valence-corrected chi connectivity index (χ4v) is 2.21. The number of carbonyl (C=O) groups is 1. The van der Waals surface area contributed by atoms with Gasteiger partial charge in [0.2, 0.25) is 6.54 Å². The summed E-state index contributed by atoms with van der Waals surface area (Å²) in [7, 11) is 0. The first-order valence-corrected chi connectivity index (χ1v) is 6.89. The Hall–Kier alpha value is -3.04. The van der Waals surface area contributed by atoms with Crippen molar-refractivity contribution in [2.45, 2.75) is 11.8 Å². The maximum absolute atomic E-state index is 11.9. The second kappa shape index (κ2) is 7.11. The third-order valence-electron chi connectivity index (χ3n) is 3.42. The predicted octanol–water partition coefficient (Wildman–Crippen LogP) is 3.37. The van der Waals surface area contributed by atoms with Crippen LogP contribution in [-0.2, 0) is 10.2 Å². The van der Waals surface area contributed by atoms with Crippen LogP contribution in [0.5, 0.6) is 0 Å². The molecule has 1 N–H and O–H groups in total. The minimum absolute atomic E-state index is 0.116. The van der Waals surface area contributed by atoms with Gasteiger partial charge in [0.1, 0.15) is 0 Å². The zero-order valence-electron chi connectivity index (χ0n) is 12.0. The van der Waals surface area contributed by atoms with Gasteiger partial charge in [0, 0.05) is 5.56 Å². The van der Waals surface area contributed by atoms with Crippen molar-refractivity contribution >= 4 is 5.97 Å². The van der Waals surface area contributed by atoms with E-state index in [0.717, 1.165) is 5.56 Å². The first-order valence-electron chi connectivity index (χ1n) is 6.89. The number of rotatable bonds is 4. The van der Waals surface area contributed by atoms with Gasteiger partial charge in [-0.25, -0.2) is 6.57 Å². The fourth-order valence-electron chi connectivity index (χ4n) is 2.21. The van der Waals surface area contributed by atoms with Crippen molar-refractivity contribution in [3.8, 4) is 11.8 Å². The SMILES string of the molecule is [C-]#[N+]CCC(C#Cc1ccccc1)(C(=O)O)c1ccccc1. The highest BCUT2D eigenvalue weighted by Gasteiger charge is 2.39. The number of hydrogen-bond acceptors (Lipinski definition) is 1. The number of hydrogen-bond donors (Lipinski definition) is 1. The first-order chi connectivity index (χ1) is 10.7. The Morgan fingerprint density at radius 3 is 2.23 bits per heavy atom. The molecule has 0 bridgehead atoms. The summed E-state index contributed by atoms with van der Waals surface area (Å²) < 4.78 is 0. The van der Waals surface area contributed by atoms with Crippen LogP contribution in [-0.4, -0.2) is 17.6 Å². The molecule has 0 amide bonds. The van der Waals surface area contributed by atoms with Crippen LogP contribution in [0.1, 0.15) is 17.5 Å². The number of carboxylic acid groups (broad SMARTS) is 1. The van der Waals surface area contributed by atoms with Crippen molar-refractivity contribution in [3.63, 3.8) is 0 Å². The van der Waals surface area contributed by atoms with Gasteiger partial charge in [0.15, 0.2) is 5.41 Å². The van der Waals surface area contributed by atoms with Crippen LogP contribution in [0.2, 0.25) is 0 Å². The lowest BCUT2D eigenvalue weighted by Crippen LogP contribution is -2.35. The molecule has 22 heavy (non-hydrogen) atoms. The van der Waals surface area contributed by atoms with Crippen LogP contribution in [0.15, 0.2) is 60.7 Å². The molecule has 0 aliphatic rings. The molecule has 0 aliphatic carbocycles. The molecule has 0 saturated heterocycles. The molecular formula is C19H15NO2. The van der Waals surface area contributed by atoms with E-state index in [0.29, 0.717) is 5.56 Å². The molecule has 2 aromatic rings. The van der Waals surface area contributed by atoms with Crippen molar-refractivity contribution in [3.05, 3.63) is 83.2 Å². The summed E-state index contributed by atoms with van der Waals surface area (Å²) in [6.45, 7) is 7.08. The Bertz CT molecular complexity index is 736. The topological polar surface area (TPSA) is 41.7 Å². The van der Waals surface area contributed by atoms with Gasteiger partial charge in [-0.2, -0.15) is 0 Å². The van der Waals surface area contributed by atoms with Gasteiger partial charge in [-0.1, -0.05) is 60.4 Å². The van der Waals surface area contributed by atoms with E-state index in [1.54, 1.807) is 24.3 Å². The summed E-state index contributed by atoms with van der Waals surface area (Å²) in [5.41, 5.74) is 0.00298. The number of carboxylic acids is 1. The molecule has 108 valence electrons. The molecule has 0 fully saturated rings. The number of benzene rings is 2. The largest absolute Gasteiger partial charge is 0.480 e. The molecule has 0 saturated carbocycles. The van der Waals surface area contributed by atoms with E-state index in [1.165, 1.54) is 0 Å². The maximum Gasteiger partial charge on any atom is 0.326 e. The average molecular weight is 289 g/mol. The molecule has 2 aromatic carbocycles. The molecule has 1 unspecified atom stereocenters. The summed E-state index contributed by atoms with van der Waals surface area (Å²) in [6, 6.07) is 18.2. The van der Waals surface area contributed by atoms with Crippen LogP contribution >= 0.6 is 0 Å². The molecule has 1 atom stereocenters. The smallest absolute Gasteiger partial charge is 0.326 e. The highest BCUT2D eigenvalue weighted by molar-refractivity contribution is 5.86. The zero-order chi connectivity index (χ0) is 15.8. The van der Waals surface area contributed by atoms with Gasteiger partial charge in [-0.15, -0.1) is 0 Å². The summed E-state index contributed by atoms with van der Waals surface area (Å²) >= 11 is 0. The van der Waals surface area contributed by atoms with E-state index in [1.807, 2.05) is 36.4 Å². The zero-order valence-corrected chi connectivity index (χ0v) is 12.0. The fraction of sp³-hybridized carbons (Fsp3) is 0.158. The van der Waals surface area contributed by atoms with Crippen LogP contribution in [0.4, 0.5) is 0 Å². The van der Waals surface area contributed by atoms with Crippen molar-refractivity contribution in [2.75, 3.05) is 6.54 Å². The Balaban J connectivity index is 2.52. The van der Waals surface area contributed by atoms with Crippen molar-refractivity contribution in [2.24, 2.45) is 0 Å². The minimum atomic E-state index is -1.36. The monoisotopic (exact) mass is 289 g/mol. The minimum Gasteiger partial charge on any atom is -0.480 e. The third-order valence-corrected chi connectivity index (χ3v) is 3.42. The Morgan fingerprint density at radius 2 is 1.68 bits per heavy atom. The molecule has 3 heteroatoms. The lowest BCUT2D eigenvalue weighted by atomic mass is 9.78. The highest BCUT2D eigenvalue weighted by Crippen LogP contribution is 2.28. The van der Waals surface area contributed by atoms with E-state index >= 15 is 0 Å². The average Bonchev–Trinajstić information content (AvgIpc) is 2.57. The normalized spacial score (nSPS) is 12.3. The quantitative estimate of drug-likeness (QED) is 0.692. The van der Waals surface area contributed by atoms with Crippen LogP contribution in [0, 0.1) is 18.4 Å². The van der Waals surface area contributed by atoms with Gasteiger partial charge in [-0.05, 0) is 17.7 Å². The predicted molar refractivity (Wildman–Crippen MR) is 85.2 cm³/mol. The van der Waals surface area contributed by atoms with Crippen molar-refractivity contribution in [1.82, 2.24) is 0 Å². The molecule has 0 spiro atoms. The van der Waals surface area contributed by atoms with E-state index in [-0.39, 0.29) is 13.0 Å². The first kappa shape index (κ1) is 15.4. The third kappa shape index (κ3) is 3.34. The van der Waals surface area contributed by atoms with Gasteiger partial charge in [-0.3, -0.25) is 4.79 Å². The van der Waals surface area contributed by atoms with Gasteiger partial charge in [0.05, 0.1) is 6.42 Å². The summed E-state index contributed by atoms with van der Waals surface area (Å²) in [4.78, 5) is 15.2. The second-order valence-corrected chi connectivity index (χ2v) is 4.82. The Morgan fingerprint density at radius 1 is 1.09 bits per heavy atom. The van der Waals surface area contributed by atoms with Crippen molar-refractivity contribution < 1.29 is 9.90 Å². The Kier molecular flexibility index (Phi) is 4.96. The lowest BCUT2D eigenvalue weighted by molar-refractivity contribution is -0.141. The molecule has 3 nitrogen and oxygen atoms in total. The van der Waals surface area contributed by atoms with Crippen LogP contribution in [0.3, 0.4) is 0 Å². The molecule has 0 aliphatic heterocycles.